The zero-order valence-electron chi connectivity index (χ0n) is 17.9. The van der Waals surface area contributed by atoms with Gasteiger partial charge in [0, 0.05) is 28.8 Å². The summed E-state index contributed by atoms with van der Waals surface area (Å²) in [4.78, 5) is 40.9. The summed E-state index contributed by atoms with van der Waals surface area (Å²) in [6, 6.07) is 8.96. The van der Waals surface area contributed by atoms with Gasteiger partial charge in [-0.05, 0) is 68.4 Å². The largest absolute Gasteiger partial charge is 0.452 e. The highest BCUT2D eigenvalue weighted by atomic mass is 16.5. The SMILES string of the molecule is O=C(COC(=O)/C=C/c1cccc2cccnc12)NC(=O)NC12CC3CC(CC(C3)C1)C2. The van der Waals surface area contributed by atoms with Crippen molar-refractivity contribution in [3.63, 3.8) is 0 Å². The van der Waals surface area contributed by atoms with Crippen molar-refractivity contribution in [3.8, 4) is 0 Å². The molecule has 0 radical (unpaired) electrons. The summed E-state index contributed by atoms with van der Waals surface area (Å²) in [6.45, 7) is -0.509. The number of aromatic nitrogens is 1. The van der Waals surface area contributed by atoms with E-state index in [4.69, 9.17) is 4.74 Å². The number of amides is 3. The molecule has 6 rings (SSSR count). The third kappa shape index (κ3) is 4.38. The van der Waals surface area contributed by atoms with Gasteiger partial charge in [-0.1, -0.05) is 24.3 Å². The number of rotatable bonds is 5. The molecule has 32 heavy (non-hydrogen) atoms. The van der Waals surface area contributed by atoms with Gasteiger partial charge in [0.2, 0.25) is 0 Å². The first kappa shape index (κ1) is 20.7. The fourth-order valence-electron chi connectivity index (χ4n) is 6.30. The lowest BCUT2D eigenvalue weighted by atomic mass is 9.53. The quantitative estimate of drug-likeness (QED) is 0.555. The number of ether oxygens (including phenoxy) is 1. The number of imide groups is 1. The molecule has 0 aliphatic heterocycles. The fraction of sp³-hybridized carbons (Fsp3) is 0.440. The van der Waals surface area contributed by atoms with Gasteiger partial charge < -0.3 is 10.1 Å². The van der Waals surface area contributed by atoms with Crippen molar-refractivity contribution in [2.75, 3.05) is 6.61 Å². The first-order valence-corrected chi connectivity index (χ1v) is 11.3. The Labute approximate surface area is 186 Å². The molecule has 1 aromatic heterocycles. The average Bonchev–Trinajstić information content (AvgIpc) is 2.74. The van der Waals surface area contributed by atoms with Gasteiger partial charge >= 0.3 is 12.0 Å². The summed E-state index contributed by atoms with van der Waals surface area (Å²) in [5, 5.41) is 6.35. The lowest BCUT2D eigenvalue weighted by Gasteiger charge is -2.56. The number of nitrogens with one attached hydrogen (secondary N) is 2. The first-order chi connectivity index (χ1) is 15.5. The molecule has 4 aliphatic rings. The maximum Gasteiger partial charge on any atom is 0.331 e. The van der Waals surface area contributed by atoms with Crippen LogP contribution in [-0.2, 0) is 14.3 Å². The number of para-hydroxylation sites is 1. The van der Waals surface area contributed by atoms with E-state index >= 15 is 0 Å². The van der Waals surface area contributed by atoms with E-state index < -0.39 is 24.5 Å². The minimum Gasteiger partial charge on any atom is -0.452 e. The van der Waals surface area contributed by atoms with Crippen LogP contribution < -0.4 is 10.6 Å². The number of nitrogens with zero attached hydrogens (tertiary/aromatic N) is 1. The van der Waals surface area contributed by atoms with E-state index in [1.54, 1.807) is 12.3 Å². The molecule has 7 nitrogen and oxygen atoms in total. The van der Waals surface area contributed by atoms with E-state index in [1.165, 1.54) is 25.3 Å². The molecule has 166 valence electrons. The van der Waals surface area contributed by atoms with Crippen molar-refractivity contribution >= 4 is 34.9 Å². The Morgan fingerprint density at radius 3 is 2.44 bits per heavy atom. The van der Waals surface area contributed by atoms with E-state index in [0.29, 0.717) is 17.8 Å². The number of hydrogen-bond donors (Lipinski definition) is 2. The molecule has 4 fully saturated rings. The van der Waals surface area contributed by atoms with Gasteiger partial charge in [-0.25, -0.2) is 9.59 Å². The Bertz CT molecular complexity index is 1050. The van der Waals surface area contributed by atoms with Gasteiger partial charge in [-0.3, -0.25) is 15.1 Å². The second kappa shape index (κ2) is 8.37. The zero-order chi connectivity index (χ0) is 22.1. The third-order valence-electron chi connectivity index (χ3n) is 7.08. The first-order valence-electron chi connectivity index (χ1n) is 11.3. The zero-order valence-corrected chi connectivity index (χ0v) is 17.9. The van der Waals surface area contributed by atoms with Crippen LogP contribution in [0, 0.1) is 17.8 Å². The molecule has 4 bridgehead atoms. The minimum atomic E-state index is -0.658. The fourth-order valence-corrected chi connectivity index (χ4v) is 6.30. The van der Waals surface area contributed by atoms with Crippen LogP contribution in [0.2, 0.25) is 0 Å². The topological polar surface area (TPSA) is 97.4 Å². The second-order valence-corrected chi connectivity index (χ2v) is 9.56. The molecule has 0 spiro atoms. The normalized spacial score (nSPS) is 28.1. The Morgan fingerprint density at radius 1 is 1.03 bits per heavy atom. The smallest absolute Gasteiger partial charge is 0.331 e. The Kier molecular flexibility index (Phi) is 5.41. The van der Waals surface area contributed by atoms with Crippen molar-refractivity contribution in [3.05, 3.63) is 48.2 Å². The summed E-state index contributed by atoms with van der Waals surface area (Å²) in [5.41, 5.74) is 1.38. The molecule has 0 saturated heterocycles. The Morgan fingerprint density at radius 2 is 1.72 bits per heavy atom. The molecule has 3 amide bonds. The predicted molar refractivity (Wildman–Crippen MR) is 119 cm³/mol. The summed E-state index contributed by atoms with van der Waals surface area (Å²) < 4.78 is 4.99. The van der Waals surface area contributed by atoms with Crippen molar-refractivity contribution in [2.24, 2.45) is 17.8 Å². The van der Waals surface area contributed by atoms with Crippen molar-refractivity contribution < 1.29 is 19.1 Å². The molecule has 4 aliphatic carbocycles. The maximum absolute atomic E-state index is 12.4. The summed E-state index contributed by atoms with van der Waals surface area (Å²) >= 11 is 0. The van der Waals surface area contributed by atoms with Gasteiger partial charge in [-0.2, -0.15) is 0 Å². The van der Waals surface area contributed by atoms with Crippen LogP contribution >= 0.6 is 0 Å². The molecule has 1 aromatic carbocycles. The van der Waals surface area contributed by atoms with Gasteiger partial charge in [0.1, 0.15) is 0 Å². The van der Waals surface area contributed by atoms with Gasteiger partial charge in [0.25, 0.3) is 5.91 Å². The number of hydrogen-bond acceptors (Lipinski definition) is 5. The van der Waals surface area contributed by atoms with Crippen LogP contribution in [0.25, 0.3) is 17.0 Å². The van der Waals surface area contributed by atoms with Crippen LogP contribution in [0.4, 0.5) is 4.79 Å². The van der Waals surface area contributed by atoms with Crippen LogP contribution in [0.1, 0.15) is 44.1 Å². The van der Waals surface area contributed by atoms with E-state index in [9.17, 15) is 14.4 Å². The monoisotopic (exact) mass is 433 g/mol. The van der Waals surface area contributed by atoms with Crippen LogP contribution in [0.3, 0.4) is 0 Å². The summed E-state index contributed by atoms with van der Waals surface area (Å²) in [5.74, 6) is 0.793. The number of benzene rings is 1. The van der Waals surface area contributed by atoms with Crippen molar-refractivity contribution in [1.82, 2.24) is 15.6 Å². The number of carbonyl (C=O) groups is 3. The molecule has 0 atom stereocenters. The third-order valence-corrected chi connectivity index (χ3v) is 7.08. The van der Waals surface area contributed by atoms with Crippen molar-refractivity contribution in [1.29, 1.82) is 0 Å². The summed E-state index contributed by atoms with van der Waals surface area (Å²) in [6.07, 6.45) is 11.4. The van der Waals surface area contributed by atoms with Crippen LogP contribution in [0.5, 0.6) is 0 Å². The highest BCUT2D eigenvalue weighted by Crippen LogP contribution is 2.55. The van der Waals surface area contributed by atoms with E-state index in [0.717, 1.165) is 35.7 Å². The maximum atomic E-state index is 12.4. The Balaban J connectivity index is 1.10. The van der Waals surface area contributed by atoms with Crippen molar-refractivity contribution in [2.45, 2.75) is 44.1 Å². The number of esters is 1. The number of carbonyl (C=O) groups excluding carboxylic acids is 3. The lowest BCUT2D eigenvalue weighted by Crippen LogP contribution is -2.62. The number of pyridine rings is 1. The van der Waals surface area contributed by atoms with Gasteiger partial charge in [0.15, 0.2) is 6.61 Å². The number of urea groups is 1. The molecule has 0 unspecified atom stereocenters. The minimum absolute atomic E-state index is 0.176. The Hall–Kier alpha value is -3.22. The average molecular weight is 434 g/mol. The van der Waals surface area contributed by atoms with Crippen LogP contribution in [0.15, 0.2) is 42.6 Å². The van der Waals surface area contributed by atoms with Gasteiger partial charge in [0.05, 0.1) is 5.52 Å². The van der Waals surface area contributed by atoms with Crippen LogP contribution in [-0.4, -0.2) is 35.0 Å². The number of fused-ring (bicyclic) bond motifs is 1. The highest BCUT2D eigenvalue weighted by Gasteiger charge is 2.51. The predicted octanol–water partition coefficient (Wildman–Crippen LogP) is 3.59. The van der Waals surface area contributed by atoms with E-state index in [1.807, 2.05) is 30.3 Å². The second-order valence-electron chi connectivity index (χ2n) is 9.56. The van der Waals surface area contributed by atoms with E-state index in [-0.39, 0.29) is 5.54 Å². The molecule has 4 saturated carbocycles. The molecular formula is C25H27N3O4. The molecule has 2 N–H and O–H groups in total. The molecule has 1 heterocycles. The molecular weight excluding hydrogens is 406 g/mol. The standard InChI is InChI=1S/C25H27N3O4/c29-21(27-24(31)28-25-12-16-9-17(13-25)11-18(10-16)14-25)15-32-22(30)7-6-20-4-1-3-19-5-2-8-26-23(19)20/h1-8,16-18H,9-15H2,(H2,27,28,29,31)/b7-6+. The lowest BCUT2D eigenvalue weighted by molar-refractivity contribution is -0.143. The highest BCUT2D eigenvalue weighted by molar-refractivity contribution is 5.97. The molecule has 2 aromatic rings. The molecule has 7 heteroatoms. The summed E-state index contributed by atoms with van der Waals surface area (Å²) in [7, 11) is 0. The van der Waals surface area contributed by atoms with E-state index in [2.05, 4.69) is 15.6 Å². The van der Waals surface area contributed by atoms with Gasteiger partial charge in [-0.15, -0.1) is 0 Å².